The van der Waals surface area contributed by atoms with Gasteiger partial charge in [-0.25, -0.2) is 0 Å². The highest BCUT2D eigenvalue weighted by atomic mass is 35.5. The Hall–Kier alpha value is -0.710. The molecule has 0 fully saturated rings. The lowest BCUT2D eigenvalue weighted by molar-refractivity contribution is -0.120. The van der Waals surface area contributed by atoms with Crippen LogP contribution in [0.1, 0.15) is 10.8 Å². The first-order valence-corrected chi connectivity index (χ1v) is 6.58. The molecule has 0 bridgehead atoms. The maximum atomic E-state index is 11.9. The van der Waals surface area contributed by atoms with E-state index in [1.54, 1.807) is 11.8 Å². The zero-order valence-electron chi connectivity index (χ0n) is 10.1. The number of hydrogen-bond acceptors (Lipinski definition) is 3. The maximum absolute atomic E-state index is 11.9. The van der Waals surface area contributed by atoms with Crippen molar-refractivity contribution in [1.82, 2.24) is 10.6 Å². The molecule has 17 heavy (non-hydrogen) atoms. The normalized spacial score (nSPS) is 11.4. The molecule has 1 unspecified atom stereocenters. The van der Waals surface area contributed by atoms with Crippen molar-refractivity contribution >= 4 is 30.1 Å². The van der Waals surface area contributed by atoms with Gasteiger partial charge in [-0.05, 0) is 18.9 Å². The van der Waals surface area contributed by atoms with Gasteiger partial charge in [-0.2, -0.15) is 0 Å². The monoisotopic (exact) mass is 274 g/mol. The highest BCUT2D eigenvalue weighted by Gasteiger charge is 2.18. The predicted octanol–water partition coefficient (Wildman–Crippen LogP) is 1.85. The van der Waals surface area contributed by atoms with Gasteiger partial charge >= 0.3 is 0 Å². The third-order valence-corrected chi connectivity index (χ3v) is 3.21. The van der Waals surface area contributed by atoms with Gasteiger partial charge in [-0.15, -0.1) is 24.2 Å². The lowest BCUT2D eigenvalue weighted by atomic mass is 10.1. The van der Waals surface area contributed by atoms with Crippen molar-refractivity contribution in [1.29, 1.82) is 0 Å². The Morgan fingerprint density at radius 3 is 2.47 bits per heavy atom. The first kappa shape index (κ1) is 16.3. The Kier molecular flexibility index (Phi) is 8.94. The summed E-state index contributed by atoms with van der Waals surface area (Å²) in [4.78, 5) is 11.9. The lowest BCUT2D eigenvalue weighted by Gasteiger charge is -2.14. The largest absolute Gasteiger partial charge is 0.354 e. The van der Waals surface area contributed by atoms with E-state index in [9.17, 15) is 4.79 Å². The summed E-state index contributed by atoms with van der Waals surface area (Å²) in [6, 6.07) is 9.84. The van der Waals surface area contributed by atoms with Crippen LogP contribution in [-0.2, 0) is 4.79 Å². The number of benzene rings is 1. The lowest BCUT2D eigenvalue weighted by Crippen LogP contribution is -2.33. The fourth-order valence-electron chi connectivity index (χ4n) is 1.43. The van der Waals surface area contributed by atoms with E-state index < -0.39 is 0 Å². The molecule has 0 heterocycles. The summed E-state index contributed by atoms with van der Waals surface area (Å²) in [6.07, 6.45) is 1.95. The molecule has 0 saturated heterocycles. The first-order valence-electron chi connectivity index (χ1n) is 5.29. The summed E-state index contributed by atoms with van der Waals surface area (Å²) >= 11 is 1.56. The molecule has 1 aromatic rings. The second-order valence-electron chi connectivity index (χ2n) is 3.42. The van der Waals surface area contributed by atoms with Crippen molar-refractivity contribution in [2.45, 2.75) is 5.25 Å². The molecule has 0 spiro atoms. The minimum atomic E-state index is -0.113. The Morgan fingerprint density at radius 1 is 1.29 bits per heavy atom. The molecule has 1 amide bonds. The topological polar surface area (TPSA) is 41.1 Å². The van der Waals surface area contributed by atoms with Crippen LogP contribution in [0, 0.1) is 0 Å². The van der Waals surface area contributed by atoms with Gasteiger partial charge < -0.3 is 10.6 Å². The Bertz CT molecular complexity index is 322. The molecule has 0 aromatic heterocycles. The summed E-state index contributed by atoms with van der Waals surface area (Å²) < 4.78 is 0. The molecule has 3 nitrogen and oxygen atoms in total. The number of thioether (sulfide) groups is 1. The number of carbonyl (C=O) groups excluding carboxylic acids is 1. The molecule has 0 aliphatic rings. The van der Waals surface area contributed by atoms with Crippen LogP contribution in [0.25, 0.3) is 0 Å². The van der Waals surface area contributed by atoms with Crippen LogP contribution in [0.2, 0.25) is 0 Å². The number of carbonyl (C=O) groups is 1. The van der Waals surface area contributed by atoms with Gasteiger partial charge in [0.1, 0.15) is 5.25 Å². The highest BCUT2D eigenvalue weighted by Crippen LogP contribution is 2.26. The highest BCUT2D eigenvalue weighted by molar-refractivity contribution is 7.99. The maximum Gasteiger partial charge on any atom is 0.237 e. The molecule has 0 radical (unpaired) electrons. The molecular formula is C12H19ClN2OS. The van der Waals surface area contributed by atoms with Gasteiger partial charge in [-0.3, -0.25) is 4.79 Å². The number of amides is 1. The smallest absolute Gasteiger partial charge is 0.237 e. The standard InChI is InChI=1S/C12H18N2OS.ClH/c1-13-8-9-14-12(15)11(16-2)10-6-4-3-5-7-10;/h3-7,11,13H,8-9H2,1-2H3,(H,14,15);1H. The summed E-state index contributed by atoms with van der Waals surface area (Å²) in [6.45, 7) is 1.46. The molecule has 5 heteroatoms. The van der Waals surface area contributed by atoms with Gasteiger partial charge in [0.25, 0.3) is 0 Å². The fourth-order valence-corrected chi connectivity index (χ4v) is 2.15. The van der Waals surface area contributed by atoms with E-state index in [2.05, 4.69) is 10.6 Å². The number of likely N-dealkylation sites (N-methyl/N-ethyl adjacent to an activating group) is 1. The Balaban J connectivity index is 0.00000256. The number of halogens is 1. The third kappa shape index (κ3) is 5.44. The second kappa shape index (κ2) is 9.33. The molecule has 1 atom stereocenters. The van der Waals surface area contributed by atoms with Gasteiger partial charge in [0.15, 0.2) is 0 Å². The molecule has 0 saturated carbocycles. The van der Waals surface area contributed by atoms with Crippen molar-refractivity contribution < 1.29 is 4.79 Å². The van der Waals surface area contributed by atoms with Crippen LogP contribution in [0.4, 0.5) is 0 Å². The van der Waals surface area contributed by atoms with Crippen molar-refractivity contribution in [2.75, 3.05) is 26.4 Å². The molecule has 96 valence electrons. The molecule has 1 rings (SSSR count). The number of nitrogens with one attached hydrogen (secondary N) is 2. The average Bonchev–Trinajstić information content (AvgIpc) is 2.32. The van der Waals surface area contributed by atoms with Crippen LogP contribution < -0.4 is 10.6 Å². The molecule has 0 aliphatic carbocycles. The van der Waals surface area contributed by atoms with Crippen LogP contribution in [-0.4, -0.2) is 32.3 Å². The molecular weight excluding hydrogens is 256 g/mol. The number of hydrogen-bond donors (Lipinski definition) is 2. The van der Waals surface area contributed by atoms with Crippen molar-refractivity contribution in [3.05, 3.63) is 35.9 Å². The predicted molar refractivity (Wildman–Crippen MR) is 76.9 cm³/mol. The molecule has 2 N–H and O–H groups in total. The van der Waals surface area contributed by atoms with Gasteiger partial charge in [0.05, 0.1) is 0 Å². The molecule has 0 aliphatic heterocycles. The fraction of sp³-hybridized carbons (Fsp3) is 0.417. The average molecular weight is 275 g/mol. The van der Waals surface area contributed by atoms with E-state index in [0.717, 1.165) is 12.1 Å². The van der Waals surface area contributed by atoms with E-state index in [0.29, 0.717) is 6.54 Å². The van der Waals surface area contributed by atoms with Crippen molar-refractivity contribution in [3.63, 3.8) is 0 Å². The van der Waals surface area contributed by atoms with Crippen LogP contribution in [0.5, 0.6) is 0 Å². The third-order valence-electron chi connectivity index (χ3n) is 2.25. The summed E-state index contributed by atoms with van der Waals surface area (Å²) in [7, 11) is 1.87. The Labute approximate surface area is 113 Å². The minimum Gasteiger partial charge on any atom is -0.354 e. The van der Waals surface area contributed by atoms with E-state index in [4.69, 9.17) is 0 Å². The first-order chi connectivity index (χ1) is 7.79. The van der Waals surface area contributed by atoms with E-state index in [1.165, 1.54) is 0 Å². The van der Waals surface area contributed by atoms with Gasteiger partial charge in [0, 0.05) is 13.1 Å². The van der Waals surface area contributed by atoms with E-state index >= 15 is 0 Å². The number of rotatable bonds is 6. The van der Waals surface area contributed by atoms with Crippen molar-refractivity contribution in [2.24, 2.45) is 0 Å². The SMILES string of the molecule is CNCCNC(=O)C(SC)c1ccccc1.Cl. The quantitative estimate of drug-likeness (QED) is 0.778. The van der Waals surface area contributed by atoms with Crippen molar-refractivity contribution in [3.8, 4) is 0 Å². The zero-order valence-corrected chi connectivity index (χ0v) is 11.7. The minimum absolute atomic E-state index is 0. The van der Waals surface area contributed by atoms with E-state index in [-0.39, 0.29) is 23.6 Å². The second-order valence-corrected chi connectivity index (χ2v) is 4.36. The summed E-state index contributed by atoms with van der Waals surface area (Å²) in [5.74, 6) is 0.0777. The summed E-state index contributed by atoms with van der Waals surface area (Å²) in [5.41, 5.74) is 1.05. The van der Waals surface area contributed by atoms with Gasteiger partial charge in [-0.1, -0.05) is 30.3 Å². The summed E-state index contributed by atoms with van der Waals surface area (Å²) in [5, 5.41) is 5.80. The van der Waals surface area contributed by atoms with Crippen LogP contribution >= 0.6 is 24.2 Å². The van der Waals surface area contributed by atoms with Gasteiger partial charge in [0.2, 0.25) is 5.91 Å². The zero-order chi connectivity index (χ0) is 11.8. The van der Waals surface area contributed by atoms with E-state index in [1.807, 2.05) is 43.6 Å². The van der Waals surface area contributed by atoms with Crippen LogP contribution in [0.15, 0.2) is 30.3 Å². The molecule has 1 aromatic carbocycles. The van der Waals surface area contributed by atoms with Crippen LogP contribution in [0.3, 0.4) is 0 Å². The Morgan fingerprint density at radius 2 is 1.94 bits per heavy atom.